The quantitative estimate of drug-likeness (QED) is 0.644. The Labute approximate surface area is 150 Å². The van der Waals surface area contributed by atoms with Crippen molar-refractivity contribution >= 4 is 0 Å². The van der Waals surface area contributed by atoms with E-state index in [1.54, 1.807) is 0 Å². The summed E-state index contributed by atoms with van der Waals surface area (Å²) in [6, 6.07) is 23.7. The maximum Gasteiger partial charge on any atom is 0.0449 e. The summed E-state index contributed by atoms with van der Waals surface area (Å²) in [7, 11) is 0. The number of piperidine rings is 1. The molecule has 0 aliphatic carbocycles. The topological polar surface area (TPSA) is 8.17 Å². The van der Waals surface area contributed by atoms with Gasteiger partial charge in [0.05, 0.1) is 0 Å². The molecule has 1 aliphatic rings. The zero-order valence-corrected chi connectivity index (χ0v) is 14.7. The van der Waals surface area contributed by atoms with E-state index in [-0.39, 0.29) is 0 Å². The monoisotopic (exact) mass is 330 g/mol. The molecule has 128 valence electrons. The van der Waals surface area contributed by atoms with Crippen molar-refractivity contribution < 1.29 is 0 Å². The Hall–Kier alpha value is -2.32. The number of benzene rings is 2. The maximum atomic E-state index is 2.60. The molecule has 0 bridgehead atoms. The van der Waals surface area contributed by atoms with Gasteiger partial charge in [0.25, 0.3) is 0 Å². The van der Waals surface area contributed by atoms with E-state index in [9.17, 15) is 0 Å². The van der Waals surface area contributed by atoms with E-state index >= 15 is 0 Å². The van der Waals surface area contributed by atoms with Crippen LogP contribution in [-0.2, 0) is 13.0 Å². The third-order valence-corrected chi connectivity index (χ3v) is 5.29. The van der Waals surface area contributed by atoms with E-state index in [0.29, 0.717) is 0 Å². The van der Waals surface area contributed by atoms with E-state index < -0.39 is 0 Å². The van der Waals surface area contributed by atoms with Crippen LogP contribution in [0.5, 0.6) is 0 Å². The van der Waals surface area contributed by atoms with Gasteiger partial charge in [-0.1, -0.05) is 48.5 Å². The normalized spacial score (nSPS) is 16.2. The molecule has 0 unspecified atom stereocenters. The molecular weight excluding hydrogens is 304 g/mol. The molecule has 2 nitrogen and oxygen atoms in total. The Morgan fingerprint density at radius 2 is 1.44 bits per heavy atom. The summed E-state index contributed by atoms with van der Waals surface area (Å²) in [6.45, 7) is 3.50. The van der Waals surface area contributed by atoms with Crippen LogP contribution in [0.2, 0.25) is 0 Å². The molecule has 2 aromatic carbocycles. The highest BCUT2D eigenvalue weighted by Gasteiger charge is 2.19. The number of rotatable bonds is 5. The first-order valence-electron chi connectivity index (χ1n) is 9.35. The lowest BCUT2D eigenvalue weighted by Crippen LogP contribution is -2.33. The fourth-order valence-corrected chi connectivity index (χ4v) is 3.85. The number of hydrogen-bond donors (Lipinski definition) is 0. The number of hydrogen-bond acceptors (Lipinski definition) is 1. The average molecular weight is 330 g/mol. The second-order valence-electron chi connectivity index (χ2n) is 7.17. The van der Waals surface area contributed by atoms with Crippen LogP contribution in [0.3, 0.4) is 0 Å². The largest absolute Gasteiger partial charge is 0.324 e. The lowest BCUT2D eigenvalue weighted by atomic mass is 9.90. The predicted octanol–water partition coefficient (Wildman–Crippen LogP) is 4.93. The summed E-state index contributed by atoms with van der Waals surface area (Å²) in [5.41, 5.74) is 4.13. The average Bonchev–Trinajstić information content (AvgIpc) is 3.14. The first kappa shape index (κ1) is 16.2. The van der Waals surface area contributed by atoms with E-state index in [2.05, 4.69) is 88.6 Å². The minimum atomic E-state index is 0.840. The van der Waals surface area contributed by atoms with Crippen molar-refractivity contribution in [2.24, 2.45) is 5.92 Å². The van der Waals surface area contributed by atoms with Crippen molar-refractivity contribution in [3.05, 3.63) is 90.3 Å². The molecule has 0 radical (unpaired) electrons. The maximum absolute atomic E-state index is 2.60. The molecule has 25 heavy (non-hydrogen) atoms. The SMILES string of the molecule is c1ccc(CC2CCN(Cc3ccn(-c4ccccc4)c3)CC2)cc1. The zero-order chi connectivity index (χ0) is 16.9. The van der Waals surface area contributed by atoms with Crippen LogP contribution in [-0.4, -0.2) is 22.6 Å². The molecule has 0 atom stereocenters. The van der Waals surface area contributed by atoms with E-state index in [1.807, 2.05) is 0 Å². The molecule has 0 spiro atoms. The minimum absolute atomic E-state index is 0.840. The summed E-state index contributed by atoms with van der Waals surface area (Å²) in [4.78, 5) is 2.60. The standard InChI is InChI=1S/C23H26N2/c1-3-7-20(8-4-1)17-21-11-14-24(15-12-21)18-22-13-16-25(19-22)23-9-5-2-6-10-23/h1-10,13,16,19,21H,11-12,14-15,17-18H2. The van der Waals surface area contributed by atoms with Crippen molar-refractivity contribution in [2.75, 3.05) is 13.1 Å². The van der Waals surface area contributed by atoms with Gasteiger partial charge in [-0.25, -0.2) is 0 Å². The highest BCUT2D eigenvalue weighted by molar-refractivity contribution is 5.33. The molecule has 1 aromatic heterocycles. The lowest BCUT2D eigenvalue weighted by molar-refractivity contribution is 0.177. The van der Waals surface area contributed by atoms with E-state index in [0.717, 1.165) is 12.5 Å². The number of aromatic nitrogens is 1. The Kier molecular flexibility index (Phi) is 4.98. The van der Waals surface area contributed by atoms with Gasteiger partial charge in [-0.05, 0) is 67.6 Å². The second kappa shape index (κ2) is 7.71. The Morgan fingerprint density at radius 1 is 0.760 bits per heavy atom. The van der Waals surface area contributed by atoms with Crippen LogP contribution in [0.15, 0.2) is 79.1 Å². The second-order valence-corrected chi connectivity index (χ2v) is 7.17. The van der Waals surface area contributed by atoms with Crippen molar-refractivity contribution in [1.29, 1.82) is 0 Å². The van der Waals surface area contributed by atoms with E-state index in [1.165, 1.54) is 49.2 Å². The highest BCUT2D eigenvalue weighted by Crippen LogP contribution is 2.23. The van der Waals surface area contributed by atoms with Crippen molar-refractivity contribution in [3.63, 3.8) is 0 Å². The third-order valence-electron chi connectivity index (χ3n) is 5.29. The molecule has 1 saturated heterocycles. The van der Waals surface area contributed by atoms with Crippen LogP contribution < -0.4 is 0 Å². The van der Waals surface area contributed by atoms with Gasteiger partial charge in [0, 0.05) is 24.6 Å². The van der Waals surface area contributed by atoms with Crippen molar-refractivity contribution in [3.8, 4) is 5.69 Å². The van der Waals surface area contributed by atoms with Crippen LogP contribution >= 0.6 is 0 Å². The first-order chi connectivity index (χ1) is 12.4. The fraction of sp³-hybridized carbons (Fsp3) is 0.304. The summed E-state index contributed by atoms with van der Waals surface area (Å²) >= 11 is 0. The molecular formula is C23H26N2. The van der Waals surface area contributed by atoms with Gasteiger partial charge in [-0.15, -0.1) is 0 Å². The van der Waals surface area contributed by atoms with Gasteiger partial charge in [-0.2, -0.15) is 0 Å². The number of likely N-dealkylation sites (tertiary alicyclic amines) is 1. The Bertz CT molecular complexity index is 768. The van der Waals surface area contributed by atoms with E-state index in [4.69, 9.17) is 0 Å². The smallest absolute Gasteiger partial charge is 0.0449 e. The predicted molar refractivity (Wildman–Crippen MR) is 104 cm³/mol. The first-order valence-corrected chi connectivity index (χ1v) is 9.35. The molecule has 3 aromatic rings. The Morgan fingerprint density at radius 3 is 2.16 bits per heavy atom. The van der Waals surface area contributed by atoms with Crippen LogP contribution in [0.1, 0.15) is 24.0 Å². The minimum Gasteiger partial charge on any atom is -0.324 e. The van der Waals surface area contributed by atoms with Gasteiger partial charge in [0.2, 0.25) is 0 Å². The van der Waals surface area contributed by atoms with Gasteiger partial charge >= 0.3 is 0 Å². The zero-order valence-electron chi connectivity index (χ0n) is 14.7. The molecule has 4 rings (SSSR count). The van der Waals surface area contributed by atoms with Gasteiger partial charge < -0.3 is 4.57 Å². The molecule has 0 N–H and O–H groups in total. The molecule has 0 amide bonds. The van der Waals surface area contributed by atoms with Crippen molar-refractivity contribution in [2.45, 2.75) is 25.8 Å². The van der Waals surface area contributed by atoms with Crippen LogP contribution in [0.25, 0.3) is 5.69 Å². The number of para-hydroxylation sites is 1. The van der Waals surface area contributed by atoms with Gasteiger partial charge in [0.1, 0.15) is 0 Å². The molecule has 1 fully saturated rings. The highest BCUT2D eigenvalue weighted by atomic mass is 15.1. The molecule has 1 aliphatic heterocycles. The van der Waals surface area contributed by atoms with Gasteiger partial charge in [0.15, 0.2) is 0 Å². The Balaban J connectivity index is 1.30. The third kappa shape index (κ3) is 4.21. The summed E-state index contributed by atoms with van der Waals surface area (Å²) in [6.07, 6.45) is 8.31. The van der Waals surface area contributed by atoms with Gasteiger partial charge in [-0.3, -0.25) is 4.90 Å². The molecule has 2 heterocycles. The number of nitrogens with zero attached hydrogens (tertiary/aromatic N) is 2. The molecule has 0 saturated carbocycles. The summed E-state index contributed by atoms with van der Waals surface area (Å²) in [5.74, 6) is 0.840. The molecule has 2 heteroatoms. The van der Waals surface area contributed by atoms with Crippen LogP contribution in [0, 0.1) is 5.92 Å². The van der Waals surface area contributed by atoms with Crippen molar-refractivity contribution in [1.82, 2.24) is 9.47 Å². The lowest BCUT2D eigenvalue weighted by Gasteiger charge is -2.31. The fourth-order valence-electron chi connectivity index (χ4n) is 3.85. The summed E-state index contributed by atoms with van der Waals surface area (Å²) < 4.78 is 2.22. The van der Waals surface area contributed by atoms with Crippen LogP contribution in [0.4, 0.5) is 0 Å². The summed E-state index contributed by atoms with van der Waals surface area (Å²) in [5, 5.41) is 0.